The summed E-state index contributed by atoms with van der Waals surface area (Å²) >= 11 is 0. The van der Waals surface area contributed by atoms with Gasteiger partial charge < -0.3 is 9.72 Å². The van der Waals surface area contributed by atoms with Crippen molar-refractivity contribution >= 4 is 11.9 Å². The molecule has 0 aliphatic heterocycles. The van der Waals surface area contributed by atoms with Gasteiger partial charge >= 0.3 is 11.8 Å². The van der Waals surface area contributed by atoms with Crippen LogP contribution in [0.25, 0.3) is 0 Å². The van der Waals surface area contributed by atoms with E-state index in [2.05, 4.69) is 15.3 Å². The fraction of sp³-hybridized carbons (Fsp3) is 0.0556. The van der Waals surface area contributed by atoms with E-state index in [0.717, 1.165) is 11.1 Å². The summed E-state index contributed by atoms with van der Waals surface area (Å²) in [6, 6.07) is 20.3. The molecular weight excluding hydrogens is 306 g/mol. The van der Waals surface area contributed by atoms with Crippen molar-refractivity contribution in [2.45, 2.75) is 6.10 Å². The number of carbonyl (C=O) groups is 1. The highest BCUT2D eigenvalue weighted by Crippen LogP contribution is 2.26. The van der Waals surface area contributed by atoms with Gasteiger partial charge in [0.05, 0.1) is 0 Å². The molecule has 6 nitrogen and oxygen atoms in total. The fourth-order valence-corrected chi connectivity index (χ4v) is 2.27. The summed E-state index contributed by atoms with van der Waals surface area (Å²) in [6.45, 7) is 0. The number of nitrogens with zero attached hydrogens (tertiary/aromatic N) is 1. The summed E-state index contributed by atoms with van der Waals surface area (Å²) in [4.78, 5) is 29.4. The van der Waals surface area contributed by atoms with E-state index in [-0.39, 0.29) is 5.82 Å². The number of H-pyrrole nitrogens is 1. The number of rotatable bonds is 4. The zero-order valence-electron chi connectivity index (χ0n) is 12.7. The van der Waals surface area contributed by atoms with Gasteiger partial charge in [0.2, 0.25) is 0 Å². The normalized spacial score (nSPS) is 10.4. The van der Waals surface area contributed by atoms with Crippen molar-refractivity contribution in [3.05, 3.63) is 94.5 Å². The number of ether oxygens (including phenoxy) is 1. The van der Waals surface area contributed by atoms with E-state index in [1.54, 1.807) is 0 Å². The Morgan fingerprint density at radius 1 is 0.958 bits per heavy atom. The molecule has 0 unspecified atom stereocenters. The lowest BCUT2D eigenvalue weighted by molar-refractivity contribution is 0.131. The second-order valence-electron chi connectivity index (χ2n) is 5.01. The van der Waals surface area contributed by atoms with Gasteiger partial charge in [-0.15, -0.1) is 0 Å². The van der Waals surface area contributed by atoms with Gasteiger partial charge in [0.1, 0.15) is 5.82 Å². The standard InChI is InChI=1S/C18H15N3O3/c22-17-19-12-11-15(20-17)21-18(23)24-16(13-7-3-1-4-8-13)14-9-5-2-6-10-14/h1-12,16H,(H2,19,20,21,22,23). The molecule has 24 heavy (non-hydrogen) atoms. The van der Waals surface area contributed by atoms with E-state index >= 15 is 0 Å². The van der Waals surface area contributed by atoms with E-state index < -0.39 is 17.9 Å². The number of amides is 1. The maximum absolute atomic E-state index is 12.2. The minimum Gasteiger partial charge on any atom is -0.436 e. The quantitative estimate of drug-likeness (QED) is 0.773. The lowest BCUT2D eigenvalue weighted by atomic mass is 10.0. The van der Waals surface area contributed by atoms with Crippen LogP contribution < -0.4 is 11.0 Å². The van der Waals surface area contributed by atoms with Crippen molar-refractivity contribution in [1.29, 1.82) is 0 Å². The second-order valence-corrected chi connectivity index (χ2v) is 5.01. The molecule has 0 saturated heterocycles. The van der Waals surface area contributed by atoms with Gasteiger partial charge in [0, 0.05) is 6.20 Å². The van der Waals surface area contributed by atoms with Crippen molar-refractivity contribution in [2.75, 3.05) is 5.32 Å². The van der Waals surface area contributed by atoms with Crippen molar-refractivity contribution < 1.29 is 9.53 Å². The summed E-state index contributed by atoms with van der Waals surface area (Å²) in [5, 5.41) is 2.46. The largest absolute Gasteiger partial charge is 0.436 e. The van der Waals surface area contributed by atoms with Gasteiger partial charge in [-0.05, 0) is 17.2 Å². The monoisotopic (exact) mass is 321 g/mol. The van der Waals surface area contributed by atoms with Gasteiger partial charge in [-0.3, -0.25) is 5.32 Å². The zero-order chi connectivity index (χ0) is 16.8. The van der Waals surface area contributed by atoms with Crippen LogP contribution in [0.1, 0.15) is 17.2 Å². The number of benzene rings is 2. The molecule has 0 saturated carbocycles. The number of carbonyl (C=O) groups excluding carboxylic acids is 1. The van der Waals surface area contributed by atoms with Gasteiger partial charge in [-0.1, -0.05) is 60.7 Å². The molecule has 1 aromatic heterocycles. The summed E-state index contributed by atoms with van der Waals surface area (Å²) < 4.78 is 5.56. The predicted molar refractivity (Wildman–Crippen MR) is 89.7 cm³/mol. The van der Waals surface area contributed by atoms with Crippen LogP contribution in [0.4, 0.5) is 10.6 Å². The molecule has 2 N–H and O–H groups in total. The molecule has 6 heteroatoms. The van der Waals surface area contributed by atoms with Crippen molar-refractivity contribution in [3.63, 3.8) is 0 Å². The predicted octanol–water partition coefficient (Wildman–Crippen LogP) is 3.11. The molecule has 1 amide bonds. The van der Waals surface area contributed by atoms with Gasteiger partial charge in [-0.25, -0.2) is 9.59 Å². The summed E-state index contributed by atoms with van der Waals surface area (Å²) in [5.41, 5.74) is 1.14. The fourth-order valence-electron chi connectivity index (χ4n) is 2.27. The Morgan fingerprint density at radius 3 is 2.08 bits per heavy atom. The molecule has 0 aliphatic rings. The van der Waals surface area contributed by atoms with E-state index in [0.29, 0.717) is 0 Å². The van der Waals surface area contributed by atoms with Gasteiger partial charge in [0.15, 0.2) is 6.10 Å². The molecule has 3 rings (SSSR count). The topological polar surface area (TPSA) is 84.1 Å². The third kappa shape index (κ3) is 3.86. The first kappa shape index (κ1) is 15.5. The molecule has 2 aromatic carbocycles. The third-order valence-electron chi connectivity index (χ3n) is 3.33. The number of anilines is 1. The van der Waals surface area contributed by atoms with Gasteiger partial charge in [-0.2, -0.15) is 4.98 Å². The number of hydrogen-bond donors (Lipinski definition) is 2. The van der Waals surface area contributed by atoms with E-state index in [9.17, 15) is 9.59 Å². The minimum atomic E-state index is -0.689. The van der Waals surface area contributed by atoms with Gasteiger partial charge in [0.25, 0.3) is 0 Å². The number of aromatic amines is 1. The minimum absolute atomic E-state index is 0.128. The van der Waals surface area contributed by atoms with Crippen molar-refractivity contribution in [3.8, 4) is 0 Å². The Labute approximate surface area is 138 Å². The first-order chi connectivity index (χ1) is 11.7. The van der Waals surface area contributed by atoms with E-state index in [1.807, 2.05) is 60.7 Å². The lowest BCUT2D eigenvalue weighted by Gasteiger charge is -2.19. The molecule has 0 fully saturated rings. The number of aromatic nitrogens is 2. The van der Waals surface area contributed by atoms with Crippen LogP contribution in [0.3, 0.4) is 0 Å². The van der Waals surface area contributed by atoms with Crippen LogP contribution in [-0.2, 0) is 4.74 Å². The molecular formula is C18H15N3O3. The number of nitrogens with one attached hydrogen (secondary N) is 2. The Hall–Kier alpha value is -3.41. The van der Waals surface area contributed by atoms with Crippen molar-refractivity contribution in [2.24, 2.45) is 0 Å². The molecule has 120 valence electrons. The Balaban J connectivity index is 1.82. The molecule has 0 spiro atoms. The maximum atomic E-state index is 12.2. The summed E-state index contributed by atoms with van der Waals surface area (Å²) in [7, 11) is 0. The SMILES string of the molecule is O=C(Nc1cc[nH]c(=O)n1)OC(c1ccccc1)c1ccccc1. The molecule has 0 radical (unpaired) electrons. The van der Waals surface area contributed by atoms with E-state index in [4.69, 9.17) is 4.74 Å². The van der Waals surface area contributed by atoms with Crippen LogP contribution in [0.15, 0.2) is 77.7 Å². The Morgan fingerprint density at radius 2 is 1.54 bits per heavy atom. The van der Waals surface area contributed by atoms with Crippen LogP contribution in [0, 0.1) is 0 Å². The average molecular weight is 321 g/mol. The van der Waals surface area contributed by atoms with Crippen LogP contribution in [0.2, 0.25) is 0 Å². The second kappa shape index (κ2) is 7.23. The first-order valence-corrected chi connectivity index (χ1v) is 7.35. The Kier molecular flexibility index (Phi) is 4.67. The van der Waals surface area contributed by atoms with Crippen LogP contribution >= 0.6 is 0 Å². The Bertz CT molecular complexity index is 824. The van der Waals surface area contributed by atoms with E-state index in [1.165, 1.54) is 12.3 Å². The van der Waals surface area contributed by atoms with Crippen molar-refractivity contribution in [1.82, 2.24) is 9.97 Å². The van der Waals surface area contributed by atoms with Crippen LogP contribution in [-0.4, -0.2) is 16.1 Å². The highest BCUT2D eigenvalue weighted by molar-refractivity contribution is 5.83. The molecule has 3 aromatic rings. The first-order valence-electron chi connectivity index (χ1n) is 7.35. The smallest absolute Gasteiger partial charge is 0.413 e. The summed E-state index contributed by atoms with van der Waals surface area (Å²) in [6.07, 6.45) is 0.150. The highest BCUT2D eigenvalue weighted by Gasteiger charge is 2.19. The highest BCUT2D eigenvalue weighted by atomic mass is 16.6. The molecule has 1 heterocycles. The van der Waals surface area contributed by atoms with Crippen LogP contribution in [0.5, 0.6) is 0 Å². The third-order valence-corrected chi connectivity index (χ3v) is 3.33. The average Bonchev–Trinajstić information content (AvgIpc) is 2.61. The lowest BCUT2D eigenvalue weighted by Crippen LogP contribution is -2.21. The maximum Gasteiger partial charge on any atom is 0.413 e. The molecule has 0 aliphatic carbocycles. The summed E-state index contributed by atoms with van der Waals surface area (Å²) in [5.74, 6) is 0.128. The molecule has 0 atom stereocenters. The molecule has 0 bridgehead atoms. The zero-order valence-corrected chi connectivity index (χ0v) is 12.7. The number of hydrogen-bond acceptors (Lipinski definition) is 4.